The first-order valence-corrected chi connectivity index (χ1v) is 9.98. The second kappa shape index (κ2) is 14.3. The van der Waals surface area contributed by atoms with Gasteiger partial charge in [0.05, 0.1) is 24.4 Å². The van der Waals surface area contributed by atoms with Crippen molar-refractivity contribution in [1.82, 2.24) is 0 Å². The van der Waals surface area contributed by atoms with Gasteiger partial charge in [-0.3, -0.25) is 4.79 Å². The lowest BCUT2D eigenvalue weighted by Gasteiger charge is -2.16. The number of hydrogen-bond donors (Lipinski definition) is 4. The largest absolute Gasteiger partial charge is 0.481 e. The van der Waals surface area contributed by atoms with Crippen molar-refractivity contribution in [2.75, 3.05) is 0 Å². The molecule has 6 heteroatoms. The number of carboxylic acid groups (broad SMARTS) is 1. The Labute approximate surface area is 167 Å². The molecule has 158 valence electrons. The standard InChI is InChI=1S/C22H34O6/c1-2-3-4-5-6-7-8-9-10-11-18(24)21-16-19(25)20(28-21)14-12-17(23)13-15-22(26)27/h3-4,6-7,9-10,12,14,17-21,23-25H,2,5,8,11,13,15-16H2,1H3,(H,26,27)/b4-3-,7-6-,10-9-,14-12+/t17-,18-,19-,20-,21+/m0/s1. The van der Waals surface area contributed by atoms with E-state index in [4.69, 9.17) is 9.84 Å². The van der Waals surface area contributed by atoms with Gasteiger partial charge in [-0.25, -0.2) is 0 Å². The number of aliphatic hydroxyl groups excluding tert-OH is 3. The molecule has 0 aromatic carbocycles. The van der Waals surface area contributed by atoms with Crippen LogP contribution in [0.3, 0.4) is 0 Å². The number of carbonyl (C=O) groups is 1. The van der Waals surface area contributed by atoms with Crippen molar-refractivity contribution in [2.45, 2.75) is 82.4 Å². The molecule has 4 N–H and O–H groups in total. The first-order valence-electron chi connectivity index (χ1n) is 9.98. The molecule has 0 radical (unpaired) electrons. The predicted octanol–water partition coefficient (Wildman–Crippen LogP) is 2.90. The number of aliphatic carboxylic acids is 1. The number of aliphatic hydroxyl groups is 3. The second-order valence-electron chi connectivity index (χ2n) is 6.92. The maximum atomic E-state index is 10.5. The molecule has 28 heavy (non-hydrogen) atoms. The van der Waals surface area contributed by atoms with Gasteiger partial charge in [0, 0.05) is 12.8 Å². The summed E-state index contributed by atoms with van der Waals surface area (Å²) >= 11 is 0. The van der Waals surface area contributed by atoms with Crippen molar-refractivity contribution >= 4 is 5.97 Å². The van der Waals surface area contributed by atoms with E-state index in [-0.39, 0.29) is 12.8 Å². The molecule has 0 aromatic rings. The van der Waals surface area contributed by atoms with Crippen molar-refractivity contribution < 1.29 is 30.0 Å². The molecular weight excluding hydrogens is 360 g/mol. The van der Waals surface area contributed by atoms with Crippen LogP contribution in [0.25, 0.3) is 0 Å². The van der Waals surface area contributed by atoms with Gasteiger partial charge in [0.25, 0.3) is 0 Å². The SMILES string of the molecule is CC/C=C\C/C=C\C/C=C\C[C@H](O)[C@H]1C[C@H](O)[C@H](/C=C/[C@H](O)CCC(=O)O)O1. The van der Waals surface area contributed by atoms with E-state index in [0.717, 1.165) is 19.3 Å². The van der Waals surface area contributed by atoms with Crippen molar-refractivity contribution in [2.24, 2.45) is 0 Å². The Morgan fingerprint density at radius 1 is 1.11 bits per heavy atom. The third-order valence-corrected chi connectivity index (χ3v) is 4.45. The van der Waals surface area contributed by atoms with Crippen molar-refractivity contribution in [3.05, 3.63) is 48.6 Å². The molecule has 0 aliphatic carbocycles. The highest BCUT2D eigenvalue weighted by Gasteiger charge is 2.35. The molecule has 5 atom stereocenters. The van der Waals surface area contributed by atoms with Crippen LogP contribution in [0.15, 0.2) is 48.6 Å². The lowest BCUT2D eigenvalue weighted by atomic mass is 10.0. The van der Waals surface area contributed by atoms with E-state index in [9.17, 15) is 20.1 Å². The monoisotopic (exact) mass is 394 g/mol. The summed E-state index contributed by atoms with van der Waals surface area (Å²) in [5.74, 6) is -0.968. The molecule has 0 amide bonds. The van der Waals surface area contributed by atoms with Gasteiger partial charge in [-0.05, 0) is 32.1 Å². The van der Waals surface area contributed by atoms with E-state index in [2.05, 4.69) is 31.2 Å². The van der Waals surface area contributed by atoms with Gasteiger partial charge in [-0.15, -0.1) is 0 Å². The Hall–Kier alpha value is -1.73. The molecule has 0 spiro atoms. The molecule has 1 saturated heterocycles. The highest BCUT2D eigenvalue weighted by Crippen LogP contribution is 2.25. The average molecular weight is 395 g/mol. The number of rotatable bonds is 13. The Morgan fingerprint density at radius 2 is 1.75 bits per heavy atom. The summed E-state index contributed by atoms with van der Waals surface area (Å²) in [4.78, 5) is 10.5. The van der Waals surface area contributed by atoms with E-state index in [1.165, 1.54) is 12.2 Å². The number of ether oxygens (including phenoxy) is 1. The molecule has 0 unspecified atom stereocenters. The topological polar surface area (TPSA) is 107 Å². The first-order chi connectivity index (χ1) is 13.4. The van der Waals surface area contributed by atoms with Gasteiger partial charge in [-0.2, -0.15) is 0 Å². The second-order valence-corrected chi connectivity index (χ2v) is 6.92. The van der Waals surface area contributed by atoms with Crippen LogP contribution in [0.1, 0.15) is 51.9 Å². The summed E-state index contributed by atoms with van der Waals surface area (Å²) in [5.41, 5.74) is 0. The van der Waals surface area contributed by atoms with Gasteiger partial charge in [-0.1, -0.05) is 55.5 Å². The summed E-state index contributed by atoms with van der Waals surface area (Å²) in [6.07, 6.45) is 15.4. The van der Waals surface area contributed by atoms with Crippen molar-refractivity contribution in [3.8, 4) is 0 Å². The van der Waals surface area contributed by atoms with Crippen LogP contribution in [0.5, 0.6) is 0 Å². The molecule has 6 nitrogen and oxygen atoms in total. The van der Waals surface area contributed by atoms with E-state index in [1.54, 1.807) is 0 Å². The fourth-order valence-corrected chi connectivity index (χ4v) is 2.84. The van der Waals surface area contributed by atoms with E-state index >= 15 is 0 Å². The maximum absolute atomic E-state index is 10.5. The average Bonchev–Trinajstić information content (AvgIpc) is 3.04. The molecule has 0 bridgehead atoms. The summed E-state index contributed by atoms with van der Waals surface area (Å²) in [5, 5.41) is 38.6. The lowest BCUT2D eigenvalue weighted by Crippen LogP contribution is -2.25. The van der Waals surface area contributed by atoms with Crippen LogP contribution >= 0.6 is 0 Å². The van der Waals surface area contributed by atoms with Gasteiger partial charge in [0.2, 0.25) is 0 Å². The fraction of sp³-hybridized carbons (Fsp3) is 0.591. The number of allylic oxidation sites excluding steroid dienone is 5. The summed E-state index contributed by atoms with van der Waals surface area (Å²) < 4.78 is 5.67. The molecule has 0 saturated carbocycles. The summed E-state index contributed by atoms with van der Waals surface area (Å²) in [6, 6.07) is 0. The quantitative estimate of drug-likeness (QED) is 0.358. The number of carboxylic acids is 1. The predicted molar refractivity (Wildman–Crippen MR) is 109 cm³/mol. The minimum Gasteiger partial charge on any atom is -0.481 e. The van der Waals surface area contributed by atoms with Gasteiger partial charge in [0.15, 0.2) is 0 Å². The van der Waals surface area contributed by atoms with Crippen LogP contribution in [-0.4, -0.2) is 56.9 Å². The van der Waals surface area contributed by atoms with Gasteiger partial charge < -0.3 is 25.2 Å². The van der Waals surface area contributed by atoms with Gasteiger partial charge >= 0.3 is 5.97 Å². The van der Waals surface area contributed by atoms with E-state index in [0.29, 0.717) is 12.8 Å². The minimum absolute atomic E-state index is 0.106. The molecular formula is C22H34O6. The van der Waals surface area contributed by atoms with Crippen LogP contribution in [0.4, 0.5) is 0 Å². The Balaban J connectivity index is 2.31. The zero-order valence-electron chi connectivity index (χ0n) is 16.6. The van der Waals surface area contributed by atoms with Crippen LogP contribution in [-0.2, 0) is 9.53 Å². The number of hydrogen-bond acceptors (Lipinski definition) is 5. The zero-order chi connectivity index (χ0) is 20.8. The molecule has 1 heterocycles. The van der Waals surface area contributed by atoms with E-state index < -0.39 is 36.5 Å². The smallest absolute Gasteiger partial charge is 0.303 e. The van der Waals surface area contributed by atoms with E-state index in [1.807, 2.05) is 12.2 Å². The molecule has 1 aliphatic heterocycles. The maximum Gasteiger partial charge on any atom is 0.303 e. The minimum atomic E-state index is -0.968. The van der Waals surface area contributed by atoms with Crippen molar-refractivity contribution in [1.29, 1.82) is 0 Å². The normalized spacial score (nSPS) is 25.5. The fourth-order valence-electron chi connectivity index (χ4n) is 2.84. The first kappa shape index (κ1) is 24.3. The highest BCUT2D eigenvalue weighted by molar-refractivity contribution is 5.66. The highest BCUT2D eigenvalue weighted by atomic mass is 16.5. The molecule has 1 aliphatic rings. The van der Waals surface area contributed by atoms with Crippen LogP contribution in [0, 0.1) is 0 Å². The lowest BCUT2D eigenvalue weighted by molar-refractivity contribution is -0.137. The van der Waals surface area contributed by atoms with Crippen LogP contribution in [0.2, 0.25) is 0 Å². The van der Waals surface area contributed by atoms with Crippen LogP contribution < -0.4 is 0 Å². The van der Waals surface area contributed by atoms with Crippen molar-refractivity contribution in [3.63, 3.8) is 0 Å². The third-order valence-electron chi connectivity index (χ3n) is 4.45. The Bertz CT molecular complexity index is 551. The molecule has 1 fully saturated rings. The Kier molecular flexibility index (Phi) is 12.4. The third kappa shape index (κ3) is 10.6. The molecule has 1 rings (SSSR count). The zero-order valence-corrected chi connectivity index (χ0v) is 16.6. The summed E-state index contributed by atoms with van der Waals surface area (Å²) in [7, 11) is 0. The summed E-state index contributed by atoms with van der Waals surface area (Å²) in [6.45, 7) is 2.10. The molecule has 0 aromatic heterocycles. The Morgan fingerprint density at radius 3 is 2.39 bits per heavy atom. The van der Waals surface area contributed by atoms with Gasteiger partial charge in [0.1, 0.15) is 6.10 Å².